The minimum Gasteiger partial charge on any atom is -0.387 e. The molecule has 70 heavy (non-hydrogen) atoms. The number of aliphatic hydroxyl groups excluding tert-OH is 1. The Kier molecular flexibility index (Phi) is 47.3. The van der Waals surface area contributed by atoms with Crippen molar-refractivity contribution in [2.45, 2.75) is 180 Å². The summed E-state index contributed by atoms with van der Waals surface area (Å²) >= 11 is 0. The molecule has 0 aromatic carbocycles. The van der Waals surface area contributed by atoms with Gasteiger partial charge in [0.05, 0.1) is 39.9 Å². The smallest absolute Gasteiger partial charge is 0.387 e. The molecule has 0 heterocycles. The van der Waals surface area contributed by atoms with Crippen molar-refractivity contribution in [2.24, 2.45) is 0 Å². The van der Waals surface area contributed by atoms with Crippen LogP contribution in [0.25, 0.3) is 0 Å². The predicted octanol–water partition coefficient (Wildman–Crippen LogP) is 16.3. The van der Waals surface area contributed by atoms with Crippen LogP contribution in [-0.2, 0) is 18.4 Å². The summed E-state index contributed by atoms with van der Waals surface area (Å²) in [5, 5.41) is 13.7. The van der Waals surface area contributed by atoms with Crippen LogP contribution >= 0.6 is 7.82 Å². The van der Waals surface area contributed by atoms with Crippen LogP contribution in [0.5, 0.6) is 0 Å². The summed E-state index contributed by atoms with van der Waals surface area (Å²) in [5.41, 5.74) is 0. The van der Waals surface area contributed by atoms with E-state index in [0.29, 0.717) is 17.4 Å². The number of carbonyl (C=O) groups is 1. The van der Waals surface area contributed by atoms with Gasteiger partial charge in [0.25, 0.3) is 0 Å². The van der Waals surface area contributed by atoms with Crippen molar-refractivity contribution in [2.75, 3.05) is 40.9 Å². The summed E-state index contributed by atoms with van der Waals surface area (Å²) < 4.78 is 23.4. The van der Waals surface area contributed by atoms with Crippen molar-refractivity contribution in [1.29, 1.82) is 0 Å². The van der Waals surface area contributed by atoms with E-state index < -0.39 is 20.0 Å². The molecule has 3 atom stereocenters. The molecule has 0 aliphatic heterocycles. The number of rotatable bonds is 46. The van der Waals surface area contributed by atoms with Gasteiger partial charge < -0.3 is 19.8 Å². The number of phosphoric ester groups is 1. The highest BCUT2D eigenvalue weighted by atomic mass is 31.2. The van der Waals surface area contributed by atoms with Gasteiger partial charge in [0.1, 0.15) is 13.2 Å². The van der Waals surface area contributed by atoms with Crippen molar-refractivity contribution in [1.82, 2.24) is 5.32 Å². The lowest BCUT2D eigenvalue weighted by molar-refractivity contribution is -0.870. The zero-order valence-electron chi connectivity index (χ0n) is 44.7. The topological polar surface area (TPSA) is 105 Å². The van der Waals surface area contributed by atoms with E-state index in [2.05, 4.69) is 165 Å². The molecule has 0 aliphatic rings. The summed E-state index contributed by atoms with van der Waals surface area (Å²) in [6.07, 6.45) is 79.4. The average Bonchev–Trinajstić information content (AvgIpc) is 3.32. The lowest BCUT2D eigenvalue weighted by Crippen LogP contribution is -2.45. The van der Waals surface area contributed by atoms with Crippen LogP contribution in [0.1, 0.15) is 168 Å². The molecule has 394 valence electrons. The van der Waals surface area contributed by atoms with Gasteiger partial charge in [0.2, 0.25) is 5.91 Å². The second kappa shape index (κ2) is 50.1. The number of phosphoric acid groups is 1. The molecule has 0 aliphatic carbocycles. The standard InChI is InChI=1S/C61H99N2O6P/c1-6-8-10-12-14-15-16-17-18-19-20-21-22-23-24-25-26-27-28-29-30-31-32-33-34-35-36-37-38-39-40-41-42-43-44-45-46-47-49-51-53-55-61(65)62-59(60(64)54-52-50-48-13-11-9-7-2)58-69-70(66,67)68-57-56-63(3,4)5/h8,10,14-15,17-18,20-21,23-24,26-27,29-30,32-33,35-36,38-39,41-42,44-45,52,54,59-60,64H,6-7,9,11-13,16,19,22,25,28,31,34,37,40,43,46-51,53,55-58H2,1-5H3,(H-,62,65,66,67)/p+1/b10-8-,15-14-,18-17-,21-20-,24-23-,27-26-,30-29-,33-32-,36-35-,39-38-,42-41-,45-44-,54-52+. The third-order valence-electron chi connectivity index (χ3n) is 10.8. The van der Waals surface area contributed by atoms with Crippen LogP contribution in [0.4, 0.5) is 0 Å². The van der Waals surface area contributed by atoms with E-state index in [9.17, 15) is 19.4 Å². The molecular formula is C61H100N2O6P+. The predicted molar refractivity (Wildman–Crippen MR) is 304 cm³/mol. The van der Waals surface area contributed by atoms with Crippen LogP contribution in [0, 0.1) is 0 Å². The number of allylic oxidation sites excluding steroid dienone is 25. The fourth-order valence-electron chi connectivity index (χ4n) is 6.55. The molecule has 9 heteroatoms. The Hall–Kier alpha value is -3.88. The van der Waals surface area contributed by atoms with Crippen molar-refractivity contribution in [3.8, 4) is 0 Å². The summed E-state index contributed by atoms with van der Waals surface area (Å²) in [5.74, 6) is -0.214. The fraction of sp³-hybridized carbons (Fsp3) is 0.557. The lowest BCUT2D eigenvalue weighted by Gasteiger charge is -2.25. The Bertz CT molecular complexity index is 1690. The Morgan fingerprint density at radius 1 is 0.500 bits per heavy atom. The number of quaternary nitrogens is 1. The highest BCUT2D eigenvalue weighted by Crippen LogP contribution is 2.43. The third kappa shape index (κ3) is 52.0. The van der Waals surface area contributed by atoms with Gasteiger partial charge in [-0.25, -0.2) is 4.57 Å². The van der Waals surface area contributed by atoms with Crippen LogP contribution in [-0.4, -0.2) is 73.4 Å². The first kappa shape index (κ1) is 66.1. The van der Waals surface area contributed by atoms with E-state index >= 15 is 0 Å². The quantitative estimate of drug-likeness (QED) is 0.0243. The van der Waals surface area contributed by atoms with E-state index in [0.717, 1.165) is 128 Å². The summed E-state index contributed by atoms with van der Waals surface area (Å²) in [7, 11) is 1.52. The molecule has 1 amide bonds. The number of unbranched alkanes of at least 4 members (excludes halogenated alkanes) is 9. The van der Waals surface area contributed by atoms with Crippen LogP contribution in [0.3, 0.4) is 0 Å². The van der Waals surface area contributed by atoms with Gasteiger partial charge in [0, 0.05) is 6.42 Å². The largest absolute Gasteiger partial charge is 0.472 e. The number of amides is 1. The molecule has 3 N–H and O–H groups in total. The van der Waals surface area contributed by atoms with E-state index in [1.165, 1.54) is 19.3 Å². The van der Waals surface area contributed by atoms with Crippen molar-refractivity contribution in [3.05, 3.63) is 158 Å². The zero-order chi connectivity index (χ0) is 51.3. The Labute approximate surface area is 429 Å². The van der Waals surface area contributed by atoms with Gasteiger partial charge in [-0.15, -0.1) is 0 Å². The van der Waals surface area contributed by atoms with Crippen LogP contribution < -0.4 is 5.32 Å². The second-order valence-electron chi connectivity index (χ2n) is 18.5. The number of hydrogen-bond acceptors (Lipinski definition) is 5. The summed E-state index contributed by atoms with van der Waals surface area (Å²) in [4.78, 5) is 23.1. The second-order valence-corrected chi connectivity index (χ2v) is 20.0. The number of nitrogens with one attached hydrogen (secondary N) is 1. The average molecular weight is 988 g/mol. The molecule has 3 unspecified atom stereocenters. The fourth-order valence-corrected chi connectivity index (χ4v) is 7.28. The van der Waals surface area contributed by atoms with E-state index in [1.54, 1.807) is 6.08 Å². The molecule has 0 aromatic rings. The maximum atomic E-state index is 12.8. The first-order valence-electron chi connectivity index (χ1n) is 26.9. The van der Waals surface area contributed by atoms with Crippen molar-refractivity contribution >= 4 is 13.7 Å². The molecule has 0 radical (unpaired) electrons. The van der Waals surface area contributed by atoms with Gasteiger partial charge in [-0.2, -0.15) is 0 Å². The third-order valence-corrected chi connectivity index (χ3v) is 11.7. The van der Waals surface area contributed by atoms with E-state index in [-0.39, 0.29) is 19.1 Å². The molecule has 0 saturated carbocycles. The van der Waals surface area contributed by atoms with Crippen LogP contribution in [0.2, 0.25) is 0 Å². The van der Waals surface area contributed by atoms with Crippen LogP contribution in [0.15, 0.2) is 158 Å². The molecular weight excluding hydrogens is 888 g/mol. The Morgan fingerprint density at radius 2 is 0.857 bits per heavy atom. The number of likely N-dealkylation sites (N-methyl/N-ethyl adjacent to an activating group) is 1. The maximum Gasteiger partial charge on any atom is 0.472 e. The minimum atomic E-state index is -4.35. The molecule has 8 nitrogen and oxygen atoms in total. The Balaban J connectivity index is 4.10. The van der Waals surface area contributed by atoms with Crippen molar-refractivity contribution < 1.29 is 32.9 Å². The molecule has 0 aromatic heterocycles. The van der Waals surface area contributed by atoms with Gasteiger partial charge in [-0.05, 0) is 109 Å². The van der Waals surface area contributed by atoms with Gasteiger partial charge in [-0.3, -0.25) is 13.8 Å². The highest BCUT2D eigenvalue weighted by Gasteiger charge is 2.27. The van der Waals surface area contributed by atoms with Gasteiger partial charge >= 0.3 is 7.82 Å². The lowest BCUT2D eigenvalue weighted by atomic mass is 10.1. The summed E-state index contributed by atoms with van der Waals surface area (Å²) in [6, 6.07) is -0.868. The van der Waals surface area contributed by atoms with E-state index in [4.69, 9.17) is 9.05 Å². The normalized spacial score (nSPS) is 15.2. The molecule has 0 fully saturated rings. The maximum absolute atomic E-state index is 12.8. The Morgan fingerprint density at radius 3 is 1.24 bits per heavy atom. The minimum absolute atomic E-state index is 0.0470. The molecule has 0 saturated heterocycles. The SMILES string of the molecule is CC/C=C\C/C=C\C/C=C\C/C=C\C/C=C\C/C=C\C/C=C\C/C=C\C/C=C\C/C=C\C/C=C\C/C=C\CCCCCCC(=O)NC(COP(=O)(O)OCC[N+](C)(C)C)C(O)/C=C/CCCCCCC. The molecule has 0 rings (SSSR count). The molecule has 0 bridgehead atoms. The molecule has 0 spiro atoms. The monoisotopic (exact) mass is 988 g/mol. The first-order valence-corrected chi connectivity index (χ1v) is 28.4. The number of hydrogen-bond donors (Lipinski definition) is 3. The van der Waals surface area contributed by atoms with E-state index in [1.807, 2.05) is 27.2 Å². The summed E-state index contributed by atoms with van der Waals surface area (Å²) in [6.45, 7) is 4.58. The zero-order valence-corrected chi connectivity index (χ0v) is 45.6. The first-order chi connectivity index (χ1) is 34.0. The van der Waals surface area contributed by atoms with Crippen molar-refractivity contribution in [3.63, 3.8) is 0 Å². The van der Waals surface area contributed by atoms with Gasteiger partial charge in [0.15, 0.2) is 0 Å². The van der Waals surface area contributed by atoms with Gasteiger partial charge in [-0.1, -0.05) is 210 Å². The number of aliphatic hydroxyl groups is 1. The number of carbonyl (C=O) groups excluding carboxylic acids is 1. The number of nitrogens with zero attached hydrogens (tertiary/aromatic N) is 1. The highest BCUT2D eigenvalue weighted by molar-refractivity contribution is 7.47.